The molecule has 31 heavy (non-hydrogen) atoms. The van der Waals surface area contributed by atoms with Crippen molar-refractivity contribution in [2.24, 2.45) is 0 Å². The van der Waals surface area contributed by atoms with Crippen LogP contribution in [-0.2, 0) is 19.1 Å². The molecule has 0 aliphatic carbocycles. The summed E-state index contributed by atoms with van der Waals surface area (Å²) in [7, 11) is 0. The monoisotopic (exact) mass is 458 g/mol. The van der Waals surface area contributed by atoms with Gasteiger partial charge < -0.3 is 9.47 Å². The van der Waals surface area contributed by atoms with Gasteiger partial charge in [-0.05, 0) is 31.2 Å². The van der Waals surface area contributed by atoms with Gasteiger partial charge in [-0.2, -0.15) is 0 Å². The number of thiazole rings is 1. The number of para-hydroxylation sites is 1. The third-order valence-electron chi connectivity index (χ3n) is 4.09. The van der Waals surface area contributed by atoms with E-state index in [0.717, 1.165) is 5.56 Å². The zero-order chi connectivity index (χ0) is 22.2. The average Bonchev–Trinajstić information content (AvgIpc) is 3.27. The second-order valence-electron chi connectivity index (χ2n) is 6.24. The van der Waals surface area contributed by atoms with Crippen LogP contribution in [0, 0.1) is 0 Å². The van der Waals surface area contributed by atoms with Crippen molar-refractivity contribution in [2.75, 3.05) is 24.7 Å². The molecule has 3 rings (SSSR count). The van der Waals surface area contributed by atoms with Crippen molar-refractivity contribution in [2.45, 2.75) is 6.92 Å². The van der Waals surface area contributed by atoms with Crippen LogP contribution in [0.15, 0.2) is 60.0 Å². The van der Waals surface area contributed by atoms with Crippen LogP contribution < -0.4 is 4.90 Å². The number of ether oxygens (including phenoxy) is 2. The van der Waals surface area contributed by atoms with Crippen molar-refractivity contribution < 1.29 is 23.9 Å². The molecule has 1 amide bonds. The van der Waals surface area contributed by atoms with Crippen LogP contribution in [0.25, 0.3) is 10.6 Å². The first-order valence-corrected chi connectivity index (χ1v) is 10.6. The number of anilines is 1. The number of carbonyl (C=O) groups is 3. The van der Waals surface area contributed by atoms with E-state index in [1.165, 1.54) is 16.2 Å². The lowest BCUT2D eigenvalue weighted by Crippen LogP contribution is -2.39. The first-order chi connectivity index (χ1) is 15.0. The molecule has 1 heterocycles. The molecule has 3 aromatic rings. The quantitative estimate of drug-likeness (QED) is 0.470. The Bertz CT molecular complexity index is 1050. The van der Waals surface area contributed by atoms with E-state index in [-0.39, 0.29) is 18.8 Å². The van der Waals surface area contributed by atoms with Crippen LogP contribution in [-0.4, -0.2) is 42.6 Å². The van der Waals surface area contributed by atoms with Gasteiger partial charge in [0.05, 0.1) is 6.61 Å². The summed E-state index contributed by atoms with van der Waals surface area (Å²) in [6.07, 6.45) is 0. The summed E-state index contributed by atoms with van der Waals surface area (Å²) < 4.78 is 10.1. The third kappa shape index (κ3) is 6.13. The number of nitrogens with zero attached hydrogens (tertiary/aromatic N) is 2. The molecule has 9 heteroatoms. The lowest BCUT2D eigenvalue weighted by molar-refractivity contribution is -0.142. The van der Waals surface area contributed by atoms with E-state index in [4.69, 9.17) is 21.1 Å². The van der Waals surface area contributed by atoms with Crippen molar-refractivity contribution in [3.8, 4) is 10.6 Å². The Labute approximate surface area is 188 Å². The van der Waals surface area contributed by atoms with Gasteiger partial charge in [0.25, 0.3) is 5.91 Å². The topological polar surface area (TPSA) is 85.8 Å². The van der Waals surface area contributed by atoms with E-state index in [1.54, 1.807) is 66.9 Å². The van der Waals surface area contributed by atoms with E-state index in [2.05, 4.69) is 4.98 Å². The minimum atomic E-state index is -0.728. The number of carbonyl (C=O) groups excluding carboxylic acids is 3. The van der Waals surface area contributed by atoms with Crippen LogP contribution in [0.5, 0.6) is 0 Å². The van der Waals surface area contributed by atoms with E-state index < -0.39 is 24.5 Å². The molecule has 0 radical (unpaired) electrons. The van der Waals surface area contributed by atoms with Crippen molar-refractivity contribution in [1.82, 2.24) is 4.98 Å². The first kappa shape index (κ1) is 22.5. The van der Waals surface area contributed by atoms with Gasteiger partial charge >= 0.3 is 11.9 Å². The fourth-order valence-electron chi connectivity index (χ4n) is 2.64. The third-order valence-corrected chi connectivity index (χ3v) is 5.24. The predicted octanol–water partition coefficient (Wildman–Crippen LogP) is 4.22. The Hall–Kier alpha value is -3.23. The van der Waals surface area contributed by atoms with Crippen molar-refractivity contribution in [3.05, 3.63) is 70.7 Å². The van der Waals surface area contributed by atoms with Crippen LogP contribution >= 0.6 is 22.9 Å². The molecule has 0 saturated heterocycles. The highest BCUT2D eigenvalue weighted by atomic mass is 35.5. The van der Waals surface area contributed by atoms with Gasteiger partial charge in [0.2, 0.25) is 0 Å². The standard InChI is InChI=1S/C22H19ClN2O5S/c1-2-29-20(27)12-25(17-6-4-3-5-7-17)19(26)13-30-22(28)18-14-31-21(24-18)15-8-10-16(23)11-9-15/h3-11,14H,2,12-13H2,1H3. The maximum atomic E-state index is 12.7. The van der Waals surface area contributed by atoms with Crippen LogP contribution in [0.4, 0.5) is 5.69 Å². The molecule has 160 valence electrons. The largest absolute Gasteiger partial charge is 0.465 e. The van der Waals surface area contributed by atoms with Gasteiger partial charge in [-0.3, -0.25) is 14.5 Å². The van der Waals surface area contributed by atoms with Gasteiger partial charge in [0, 0.05) is 21.7 Å². The molecule has 0 spiro atoms. The second kappa shape index (κ2) is 10.7. The summed E-state index contributed by atoms with van der Waals surface area (Å²) >= 11 is 7.17. The molecule has 1 aromatic heterocycles. The molecule has 0 aliphatic rings. The fourth-order valence-corrected chi connectivity index (χ4v) is 3.56. The van der Waals surface area contributed by atoms with Crippen molar-refractivity contribution >= 4 is 46.5 Å². The van der Waals surface area contributed by atoms with Crippen molar-refractivity contribution in [3.63, 3.8) is 0 Å². The Morgan fingerprint density at radius 1 is 1.03 bits per heavy atom. The Balaban J connectivity index is 1.65. The van der Waals surface area contributed by atoms with Crippen LogP contribution in [0.3, 0.4) is 0 Å². The number of benzene rings is 2. The molecule has 0 N–H and O–H groups in total. The van der Waals surface area contributed by atoms with Crippen LogP contribution in [0.2, 0.25) is 5.02 Å². The maximum absolute atomic E-state index is 12.7. The van der Waals surface area contributed by atoms with E-state index in [1.807, 2.05) is 0 Å². The highest BCUT2D eigenvalue weighted by Gasteiger charge is 2.22. The summed E-state index contributed by atoms with van der Waals surface area (Å²) in [5.74, 6) is -1.84. The highest BCUT2D eigenvalue weighted by molar-refractivity contribution is 7.13. The second-order valence-corrected chi connectivity index (χ2v) is 7.54. The Morgan fingerprint density at radius 3 is 2.42 bits per heavy atom. The molecular weight excluding hydrogens is 440 g/mol. The normalized spacial score (nSPS) is 10.4. The number of hydrogen-bond donors (Lipinski definition) is 0. The highest BCUT2D eigenvalue weighted by Crippen LogP contribution is 2.25. The molecule has 7 nitrogen and oxygen atoms in total. The summed E-state index contributed by atoms with van der Waals surface area (Å²) in [5.41, 5.74) is 1.41. The van der Waals surface area contributed by atoms with Crippen LogP contribution in [0.1, 0.15) is 17.4 Å². The minimum absolute atomic E-state index is 0.0967. The number of amides is 1. The number of rotatable bonds is 8. The molecule has 2 aromatic carbocycles. The van der Waals surface area contributed by atoms with E-state index >= 15 is 0 Å². The summed E-state index contributed by atoms with van der Waals surface area (Å²) in [6.45, 7) is 1.05. The lowest BCUT2D eigenvalue weighted by Gasteiger charge is -2.21. The first-order valence-electron chi connectivity index (χ1n) is 9.37. The van der Waals surface area contributed by atoms with Gasteiger partial charge in [-0.15, -0.1) is 11.3 Å². The minimum Gasteiger partial charge on any atom is -0.465 e. The number of hydrogen-bond acceptors (Lipinski definition) is 7. The molecular formula is C22H19ClN2O5S. The Morgan fingerprint density at radius 2 is 1.74 bits per heavy atom. The molecule has 0 bridgehead atoms. The number of aromatic nitrogens is 1. The van der Waals surface area contributed by atoms with Gasteiger partial charge in [0.15, 0.2) is 12.3 Å². The molecule has 0 unspecified atom stereocenters. The fraction of sp³-hybridized carbons (Fsp3) is 0.182. The number of halogens is 1. The van der Waals surface area contributed by atoms with Gasteiger partial charge in [-0.25, -0.2) is 9.78 Å². The lowest BCUT2D eigenvalue weighted by atomic mass is 10.2. The summed E-state index contributed by atoms with van der Waals surface area (Å²) in [5, 5.41) is 2.79. The van der Waals surface area contributed by atoms with Crippen molar-refractivity contribution in [1.29, 1.82) is 0 Å². The number of esters is 2. The molecule has 0 atom stereocenters. The van der Waals surface area contributed by atoms with E-state index in [0.29, 0.717) is 15.7 Å². The smallest absolute Gasteiger partial charge is 0.358 e. The summed E-state index contributed by atoms with van der Waals surface area (Å²) in [4.78, 5) is 42.4. The Kier molecular flexibility index (Phi) is 7.75. The molecule has 0 saturated carbocycles. The maximum Gasteiger partial charge on any atom is 0.358 e. The van der Waals surface area contributed by atoms with Gasteiger partial charge in [0.1, 0.15) is 11.6 Å². The zero-order valence-electron chi connectivity index (χ0n) is 16.6. The zero-order valence-corrected chi connectivity index (χ0v) is 18.2. The predicted molar refractivity (Wildman–Crippen MR) is 118 cm³/mol. The van der Waals surface area contributed by atoms with Gasteiger partial charge in [-0.1, -0.05) is 41.9 Å². The van der Waals surface area contributed by atoms with E-state index in [9.17, 15) is 14.4 Å². The molecule has 0 aliphatic heterocycles. The SMILES string of the molecule is CCOC(=O)CN(C(=O)COC(=O)c1csc(-c2ccc(Cl)cc2)n1)c1ccccc1. The molecule has 0 fully saturated rings. The summed E-state index contributed by atoms with van der Waals surface area (Å²) in [6, 6.07) is 15.7. The average molecular weight is 459 g/mol.